The van der Waals surface area contributed by atoms with Gasteiger partial charge in [0, 0.05) is 38.6 Å². The van der Waals surface area contributed by atoms with E-state index in [1.54, 1.807) is 14.0 Å². The van der Waals surface area contributed by atoms with Gasteiger partial charge in [0.1, 0.15) is 5.82 Å². The molecule has 2 N–H and O–H groups in total. The van der Waals surface area contributed by atoms with Crippen LogP contribution in [-0.4, -0.2) is 37.0 Å². The van der Waals surface area contributed by atoms with Crippen LogP contribution in [0.4, 0.5) is 19.1 Å². The molecule has 0 radical (unpaired) electrons. The maximum atomic E-state index is 13.1. The van der Waals surface area contributed by atoms with E-state index in [2.05, 4.69) is 10.1 Å². The van der Waals surface area contributed by atoms with E-state index < -0.39 is 17.3 Å². The number of nitrogens with zero attached hydrogens (tertiary/aromatic N) is 2. The van der Waals surface area contributed by atoms with E-state index in [1.807, 2.05) is 19.9 Å². The second-order valence-corrected chi connectivity index (χ2v) is 7.01. The minimum absolute atomic E-state index is 0.382. The van der Waals surface area contributed by atoms with E-state index in [1.165, 1.54) is 13.0 Å². The first-order valence-electron chi connectivity index (χ1n) is 10.3. The lowest BCUT2D eigenvalue weighted by Crippen LogP contribution is -2.34. The third-order valence-electron chi connectivity index (χ3n) is 4.83. The lowest BCUT2D eigenvalue weighted by molar-refractivity contribution is -0.0117. The van der Waals surface area contributed by atoms with Gasteiger partial charge in [-0.05, 0) is 37.5 Å². The van der Waals surface area contributed by atoms with Crippen LogP contribution in [0.25, 0.3) is 0 Å². The summed E-state index contributed by atoms with van der Waals surface area (Å²) < 4.78 is 49.1. The first-order chi connectivity index (χ1) is 14.3. The molecule has 0 bridgehead atoms. The zero-order valence-corrected chi connectivity index (χ0v) is 18.6. The molecule has 5 nitrogen and oxygen atoms in total. The normalized spacial score (nSPS) is 15.1. The topological polar surface area (TPSA) is 64.5 Å². The van der Waals surface area contributed by atoms with E-state index in [0.717, 1.165) is 43.8 Å². The highest BCUT2D eigenvalue weighted by molar-refractivity contribution is 5.27. The fourth-order valence-electron chi connectivity index (χ4n) is 3.14. The second-order valence-electron chi connectivity index (χ2n) is 7.01. The summed E-state index contributed by atoms with van der Waals surface area (Å²) in [5.74, 6) is -2.99. The summed E-state index contributed by atoms with van der Waals surface area (Å²) >= 11 is 0. The molecular formula is C22H34F3N3O2. The lowest BCUT2D eigenvalue weighted by atomic mass is 9.94. The molecule has 1 aromatic heterocycles. The number of anilines is 1. The van der Waals surface area contributed by atoms with Gasteiger partial charge < -0.3 is 15.0 Å². The molecule has 1 aromatic carbocycles. The first kappa shape index (κ1) is 26.0. The van der Waals surface area contributed by atoms with Crippen molar-refractivity contribution in [2.24, 2.45) is 0 Å². The summed E-state index contributed by atoms with van der Waals surface area (Å²) in [4.78, 5) is 2.29. The predicted molar refractivity (Wildman–Crippen MR) is 113 cm³/mol. The predicted octanol–water partition coefficient (Wildman–Crippen LogP) is 5.70. The van der Waals surface area contributed by atoms with Crippen molar-refractivity contribution in [1.29, 1.82) is 0 Å². The average molecular weight is 430 g/mol. The SMILES string of the molecule is CC.CCC(F)(F)c1ccc(C)cc1F.COCN1CCC(c2cc(N)on2)CC1. The Morgan fingerprint density at radius 2 is 1.87 bits per heavy atom. The van der Waals surface area contributed by atoms with Gasteiger partial charge in [0.05, 0.1) is 18.0 Å². The number of nitrogen functional groups attached to an aromatic ring is 1. The number of aryl methyl sites for hydroxylation is 1. The highest BCUT2D eigenvalue weighted by Crippen LogP contribution is 2.33. The fourth-order valence-corrected chi connectivity index (χ4v) is 3.14. The Bertz CT molecular complexity index is 745. The summed E-state index contributed by atoms with van der Waals surface area (Å²) in [5.41, 5.74) is 6.62. The number of hydrogen-bond acceptors (Lipinski definition) is 5. The third-order valence-corrected chi connectivity index (χ3v) is 4.83. The van der Waals surface area contributed by atoms with Crippen molar-refractivity contribution in [3.8, 4) is 0 Å². The van der Waals surface area contributed by atoms with Crippen molar-refractivity contribution in [3.05, 3.63) is 46.9 Å². The van der Waals surface area contributed by atoms with E-state index in [0.29, 0.717) is 24.1 Å². The van der Waals surface area contributed by atoms with Crippen LogP contribution in [0.3, 0.4) is 0 Å². The highest BCUT2D eigenvalue weighted by Gasteiger charge is 2.31. The van der Waals surface area contributed by atoms with Crippen molar-refractivity contribution in [2.45, 2.75) is 58.8 Å². The lowest BCUT2D eigenvalue weighted by Gasteiger charge is -2.30. The number of rotatable bonds is 5. The summed E-state index contributed by atoms with van der Waals surface area (Å²) in [6.07, 6.45) is 1.80. The number of aromatic nitrogens is 1. The molecule has 0 atom stereocenters. The van der Waals surface area contributed by atoms with Crippen molar-refractivity contribution in [3.63, 3.8) is 0 Å². The van der Waals surface area contributed by atoms with Crippen LogP contribution in [0.2, 0.25) is 0 Å². The summed E-state index contributed by atoms with van der Waals surface area (Å²) in [6, 6.07) is 5.59. The van der Waals surface area contributed by atoms with Crippen molar-refractivity contribution in [2.75, 3.05) is 32.7 Å². The van der Waals surface area contributed by atoms with Crippen LogP contribution in [0.1, 0.15) is 62.8 Å². The number of ether oxygens (including phenoxy) is 1. The van der Waals surface area contributed by atoms with Gasteiger partial charge in [-0.25, -0.2) is 13.2 Å². The standard InChI is InChI=1S/C10H11F3.C10H17N3O2.C2H6/c1-3-10(12,13)8-5-4-7(2)6-9(8)11;1-14-7-13-4-2-8(3-5-13)9-6-10(11)15-12-9;1-2/h4-6H,3H2,1-2H3;6,8H,2-5,7,11H2,1H3;1-2H3. The van der Waals surface area contributed by atoms with Crippen LogP contribution in [0.5, 0.6) is 0 Å². The number of methoxy groups -OCH3 is 1. The van der Waals surface area contributed by atoms with Gasteiger partial charge in [0.15, 0.2) is 0 Å². The minimum Gasteiger partial charge on any atom is -0.369 e. The molecule has 2 aromatic rings. The smallest absolute Gasteiger partial charge is 0.275 e. The molecule has 3 rings (SSSR count). The van der Waals surface area contributed by atoms with Gasteiger partial charge in [0.2, 0.25) is 5.88 Å². The Labute approximate surface area is 177 Å². The van der Waals surface area contributed by atoms with Gasteiger partial charge in [0.25, 0.3) is 5.92 Å². The third kappa shape index (κ3) is 7.65. The molecule has 1 aliphatic rings. The van der Waals surface area contributed by atoms with E-state index in [-0.39, 0.29) is 6.42 Å². The van der Waals surface area contributed by atoms with Gasteiger partial charge in [-0.15, -0.1) is 0 Å². The number of likely N-dealkylation sites (tertiary alicyclic amines) is 1. The number of benzene rings is 1. The summed E-state index contributed by atoms with van der Waals surface area (Å²) in [7, 11) is 1.73. The number of halogens is 3. The monoisotopic (exact) mass is 429 g/mol. The molecule has 1 saturated heterocycles. The minimum atomic E-state index is -3.06. The summed E-state index contributed by atoms with van der Waals surface area (Å²) in [5, 5.41) is 3.96. The molecule has 0 aliphatic carbocycles. The van der Waals surface area contributed by atoms with Crippen molar-refractivity contribution in [1.82, 2.24) is 10.1 Å². The van der Waals surface area contributed by atoms with Crippen LogP contribution >= 0.6 is 0 Å². The van der Waals surface area contributed by atoms with Gasteiger partial charge >= 0.3 is 0 Å². The first-order valence-corrected chi connectivity index (χ1v) is 10.3. The molecule has 2 heterocycles. The molecule has 30 heavy (non-hydrogen) atoms. The molecule has 1 aliphatic heterocycles. The van der Waals surface area contributed by atoms with Crippen LogP contribution in [0.15, 0.2) is 28.8 Å². The zero-order valence-electron chi connectivity index (χ0n) is 18.6. The maximum absolute atomic E-state index is 13.1. The van der Waals surface area contributed by atoms with E-state index in [9.17, 15) is 13.2 Å². The molecule has 1 fully saturated rings. The molecule has 0 amide bonds. The zero-order chi connectivity index (χ0) is 22.7. The average Bonchev–Trinajstić information content (AvgIpc) is 3.17. The Morgan fingerprint density at radius 1 is 1.23 bits per heavy atom. The van der Waals surface area contributed by atoms with Crippen LogP contribution in [-0.2, 0) is 10.7 Å². The van der Waals surface area contributed by atoms with Crippen molar-refractivity contribution >= 4 is 5.88 Å². The van der Waals surface area contributed by atoms with Gasteiger partial charge in [-0.3, -0.25) is 4.90 Å². The van der Waals surface area contributed by atoms with Crippen LogP contribution < -0.4 is 5.73 Å². The Kier molecular flexibility index (Phi) is 10.9. The number of nitrogens with two attached hydrogens (primary N) is 1. The molecule has 0 unspecified atom stereocenters. The fraction of sp³-hybridized carbons (Fsp3) is 0.591. The van der Waals surface area contributed by atoms with Crippen LogP contribution in [0, 0.1) is 12.7 Å². The quantitative estimate of drug-likeness (QED) is 0.660. The summed E-state index contributed by atoms with van der Waals surface area (Å²) in [6.45, 7) is 9.81. The van der Waals surface area contributed by atoms with Gasteiger partial charge in [-0.2, -0.15) is 0 Å². The number of hydrogen-bond donors (Lipinski definition) is 1. The Morgan fingerprint density at radius 3 is 2.33 bits per heavy atom. The molecule has 8 heteroatoms. The van der Waals surface area contributed by atoms with Crippen molar-refractivity contribution < 1.29 is 22.4 Å². The molecule has 170 valence electrons. The molecular weight excluding hydrogens is 395 g/mol. The Balaban J connectivity index is 0.000000280. The number of piperidine rings is 1. The highest BCUT2D eigenvalue weighted by atomic mass is 19.3. The van der Waals surface area contributed by atoms with Gasteiger partial charge in [-0.1, -0.05) is 32.0 Å². The van der Waals surface area contributed by atoms with E-state index in [4.69, 9.17) is 15.0 Å². The largest absolute Gasteiger partial charge is 0.369 e. The van der Waals surface area contributed by atoms with E-state index >= 15 is 0 Å². The molecule has 0 spiro atoms. The maximum Gasteiger partial charge on any atom is 0.275 e. The number of alkyl halides is 2. The Hall–Kier alpha value is -2.06. The molecule has 0 saturated carbocycles. The second kappa shape index (κ2) is 12.6.